The van der Waals surface area contributed by atoms with Crippen LogP contribution in [0.2, 0.25) is 0 Å². The summed E-state index contributed by atoms with van der Waals surface area (Å²) in [5, 5.41) is 14.7. The molecule has 4 aromatic rings. The van der Waals surface area contributed by atoms with Gasteiger partial charge in [0.1, 0.15) is 0 Å². The van der Waals surface area contributed by atoms with Gasteiger partial charge >= 0.3 is 0 Å². The number of nitrogens with one attached hydrogen (secondary N) is 3. The molecule has 0 atom stereocenters. The average Bonchev–Trinajstić information content (AvgIpc) is 3.36. The smallest absolute Gasteiger partial charge is 0.257 e. The van der Waals surface area contributed by atoms with Gasteiger partial charge in [0, 0.05) is 46.1 Å². The molecular formula is C22H19N5O3S2. The van der Waals surface area contributed by atoms with E-state index in [1.165, 1.54) is 35.6 Å². The van der Waals surface area contributed by atoms with Gasteiger partial charge in [-0.05, 0) is 37.3 Å². The molecule has 0 aliphatic carbocycles. The predicted octanol–water partition coefficient (Wildman–Crippen LogP) is 4.04. The number of benzene rings is 2. The summed E-state index contributed by atoms with van der Waals surface area (Å²) in [7, 11) is -3.72. The number of amides is 1. The Labute approximate surface area is 189 Å². The molecule has 0 saturated carbocycles. The number of anilines is 1. The third-order valence-corrected chi connectivity index (χ3v) is 7.06. The first-order valence-electron chi connectivity index (χ1n) is 9.70. The number of H-pyrrole nitrogens is 1. The lowest BCUT2D eigenvalue weighted by molar-refractivity contribution is 0.102. The molecule has 1 amide bonds. The Kier molecular flexibility index (Phi) is 6.05. The van der Waals surface area contributed by atoms with Crippen LogP contribution in [0, 0.1) is 18.3 Å². The maximum atomic E-state index is 12.6. The standard InChI is InChI=1S/C22H19N5O3S2/c1-14-20(17-5-2-3-6-18(17)25-14)19-13-31-22(26-19)27-21(28)15-7-9-16(10-8-15)32(29,30)24-12-4-11-23/h2-3,5-10,13,24-25H,4,12H2,1H3,(H,26,27,28). The van der Waals surface area contributed by atoms with Crippen molar-refractivity contribution in [3.05, 3.63) is 65.2 Å². The summed E-state index contributed by atoms with van der Waals surface area (Å²) in [6.45, 7) is 2.01. The molecule has 3 N–H and O–H groups in total. The highest BCUT2D eigenvalue weighted by Crippen LogP contribution is 2.33. The lowest BCUT2D eigenvalue weighted by Crippen LogP contribution is -2.24. The molecule has 0 spiro atoms. The zero-order valence-electron chi connectivity index (χ0n) is 17.0. The van der Waals surface area contributed by atoms with Gasteiger partial charge < -0.3 is 4.98 Å². The van der Waals surface area contributed by atoms with Crippen LogP contribution in [0.4, 0.5) is 5.13 Å². The van der Waals surface area contributed by atoms with Crippen LogP contribution in [0.15, 0.2) is 58.8 Å². The molecule has 162 valence electrons. The number of carbonyl (C=O) groups excluding carboxylic acids is 1. The van der Waals surface area contributed by atoms with Crippen LogP contribution in [0.3, 0.4) is 0 Å². The van der Waals surface area contributed by atoms with E-state index < -0.39 is 10.0 Å². The fraction of sp³-hybridized carbons (Fsp3) is 0.136. The number of carbonyl (C=O) groups is 1. The van der Waals surface area contributed by atoms with Gasteiger partial charge in [-0.1, -0.05) is 18.2 Å². The van der Waals surface area contributed by atoms with Crippen LogP contribution < -0.4 is 10.0 Å². The lowest BCUT2D eigenvalue weighted by Gasteiger charge is -2.06. The Morgan fingerprint density at radius 3 is 2.69 bits per heavy atom. The van der Waals surface area contributed by atoms with Crippen molar-refractivity contribution in [3.8, 4) is 17.3 Å². The van der Waals surface area contributed by atoms with E-state index in [-0.39, 0.29) is 23.8 Å². The summed E-state index contributed by atoms with van der Waals surface area (Å²) in [4.78, 5) is 20.5. The minimum atomic E-state index is -3.72. The number of aromatic amines is 1. The fourth-order valence-electron chi connectivity index (χ4n) is 3.33. The summed E-state index contributed by atoms with van der Waals surface area (Å²) in [5.74, 6) is -0.386. The quantitative estimate of drug-likeness (QED) is 0.355. The molecule has 0 unspecified atom stereocenters. The molecule has 2 aromatic heterocycles. The van der Waals surface area contributed by atoms with Crippen molar-refractivity contribution in [2.75, 3.05) is 11.9 Å². The number of para-hydroxylation sites is 1. The summed E-state index contributed by atoms with van der Waals surface area (Å²) in [6, 6.07) is 15.4. The second-order valence-electron chi connectivity index (χ2n) is 6.99. The van der Waals surface area contributed by atoms with E-state index in [1.54, 1.807) is 0 Å². The first kappa shape index (κ1) is 21.7. The number of fused-ring (bicyclic) bond motifs is 1. The van der Waals surface area contributed by atoms with Crippen molar-refractivity contribution in [2.24, 2.45) is 0 Å². The van der Waals surface area contributed by atoms with Crippen LogP contribution in [-0.2, 0) is 10.0 Å². The van der Waals surface area contributed by atoms with Crippen molar-refractivity contribution >= 4 is 43.3 Å². The van der Waals surface area contributed by atoms with Crippen LogP contribution in [0.25, 0.3) is 22.2 Å². The Morgan fingerprint density at radius 2 is 1.94 bits per heavy atom. The normalized spacial score (nSPS) is 11.4. The summed E-state index contributed by atoms with van der Waals surface area (Å²) >= 11 is 1.32. The highest BCUT2D eigenvalue weighted by Gasteiger charge is 2.17. The van der Waals surface area contributed by atoms with Gasteiger partial charge in [0.05, 0.1) is 16.7 Å². The molecule has 0 fully saturated rings. The zero-order chi connectivity index (χ0) is 22.7. The van der Waals surface area contributed by atoms with Gasteiger partial charge in [-0.25, -0.2) is 18.1 Å². The molecule has 0 aliphatic rings. The Morgan fingerprint density at radius 1 is 1.19 bits per heavy atom. The number of aryl methyl sites for hydroxylation is 1. The van der Waals surface area contributed by atoms with E-state index in [4.69, 9.17) is 5.26 Å². The van der Waals surface area contributed by atoms with Gasteiger partial charge in [-0.3, -0.25) is 10.1 Å². The second kappa shape index (κ2) is 8.92. The molecular weight excluding hydrogens is 446 g/mol. The largest absolute Gasteiger partial charge is 0.358 e. The lowest BCUT2D eigenvalue weighted by atomic mass is 10.1. The summed E-state index contributed by atoms with van der Waals surface area (Å²) in [6.07, 6.45) is 0.0770. The molecule has 2 heterocycles. The number of hydrogen-bond donors (Lipinski definition) is 3. The Hall–Kier alpha value is -3.52. The summed E-state index contributed by atoms with van der Waals surface area (Å²) in [5.41, 5.74) is 4.09. The number of rotatable bonds is 7. The average molecular weight is 466 g/mol. The Bertz CT molecular complexity index is 1430. The second-order valence-corrected chi connectivity index (χ2v) is 9.62. The van der Waals surface area contributed by atoms with Crippen LogP contribution >= 0.6 is 11.3 Å². The first-order valence-corrected chi connectivity index (χ1v) is 12.1. The zero-order valence-corrected chi connectivity index (χ0v) is 18.7. The monoisotopic (exact) mass is 465 g/mol. The van der Waals surface area contributed by atoms with Gasteiger partial charge in [0.15, 0.2) is 5.13 Å². The number of hydrogen-bond acceptors (Lipinski definition) is 6. The minimum Gasteiger partial charge on any atom is -0.358 e. The number of sulfonamides is 1. The third-order valence-electron chi connectivity index (χ3n) is 4.83. The van der Waals surface area contributed by atoms with E-state index >= 15 is 0 Å². The fourth-order valence-corrected chi connectivity index (χ4v) is 5.06. The van der Waals surface area contributed by atoms with Crippen LogP contribution in [-0.4, -0.2) is 30.8 Å². The summed E-state index contributed by atoms with van der Waals surface area (Å²) < 4.78 is 26.7. The molecule has 8 nitrogen and oxygen atoms in total. The predicted molar refractivity (Wildman–Crippen MR) is 124 cm³/mol. The molecule has 2 aromatic carbocycles. The van der Waals surface area contributed by atoms with E-state index in [2.05, 4.69) is 20.0 Å². The molecule has 0 saturated heterocycles. The van der Waals surface area contributed by atoms with Crippen LogP contribution in [0.5, 0.6) is 0 Å². The van der Waals surface area contributed by atoms with Crippen molar-refractivity contribution in [3.63, 3.8) is 0 Å². The maximum Gasteiger partial charge on any atom is 0.257 e. The van der Waals surface area contributed by atoms with E-state index in [9.17, 15) is 13.2 Å². The number of thiazole rings is 1. The van der Waals surface area contributed by atoms with Crippen molar-refractivity contribution in [1.82, 2.24) is 14.7 Å². The van der Waals surface area contributed by atoms with Gasteiger partial charge in [-0.15, -0.1) is 11.3 Å². The molecule has 10 heteroatoms. The van der Waals surface area contributed by atoms with Gasteiger partial charge in [-0.2, -0.15) is 5.26 Å². The topological polar surface area (TPSA) is 128 Å². The molecule has 4 rings (SSSR count). The molecule has 0 bridgehead atoms. The number of aromatic nitrogens is 2. The van der Waals surface area contributed by atoms with Gasteiger partial charge in [0.2, 0.25) is 10.0 Å². The highest BCUT2D eigenvalue weighted by atomic mass is 32.2. The number of nitrogens with zero attached hydrogens (tertiary/aromatic N) is 2. The minimum absolute atomic E-state index is 0.0262. The van der Waals surface area contributed by atoms with Gasteiger partial charge in [0.25, 0.3) is 5.91 Å². The van der Waals surface area contributed by atoms with Crippen LogP contribution in [0.1, 0.15) is 22.5 Å². The van der Waals surface area contributed by atoms with Crippen molar-refractivity contribution < 1.29 is 13.2 Å². The highest BCUT2D eigenvalue weighted by molar-refractivity contribution is 7.89. The van der Waals surface area contributed by atoms with E-state index in [1.807, 2.05) is 42.6 Å². The van der Waals surface area contributed by atoms with E-state index in [0.29, 0.717) is 10.7 Å². The van der Waals surface area contributed by atoms with Crippen molar-refractivity contribution in [1.29, 1.82) is 5.26 Å². The van der Waals surface area contributed by atoms with Crippen molar-refractivity contribution in [2.45, 2.75) is 18.2 Å². The maximum absolute atomic E-state index is 12.6. The van der Waals surface area contributed by atoms with E-state index in [0.717, 1.165) is 27.9 Å². The first-order chi connectivity index (χ1) is 15.4. The third kappa shape index (κ3) is 4.40. The SMILES string of the molecule is Cc1[nH]c2ccccc2c1-c1csc(NC(=O)c2ccc(S(=O)(=O)NCCC#N)cc2)n1. The molecule has 0 aliphatic heterocycles. The molecule has 32 heavy (non-hydrogen) atoms. The Balaban J connectivity index is 1.49. The number of nitriles is 1. The molecule has 0 radical (unpaired) electrons.